The van der Waals surface area contributed by atoms with Crippen LogP contribution in [0, 0.1) is 11.6 Å². The summed E-state index contributed by atoms with van der Waals surface area (Å²) in [6.45, 7) is 0. The molecule has 3 nitrogen and oxygen atoms in total. The molecule has 1 N–H and O–H groups in total. The van der Waals surface area contributed by atoms with Crippen LogP contribution in [0.5, 0.6) is 11.5 Å². The molecule has 0 unspecified atom stereocenters. The van der Waals surface area contributed by atoms with Gasteiger partial charge in [-0.2, -0.15) is 0 Å². The van der Waals surface area contributed by atoms with Gasteiger partial charge in [0.1, 0.15) is 22.3 Å². The molecule has 0 amide bonds. The summed E-state index contributed by atoms with van der Waals surface area (Å²) in [7, 11) is 0. The molecule has 116 valence electrons. The molecule has 0 radical (unpaired) electrons. The fourth-order valence-corrected chi connectivity index (χ4v) is 2.15. The molecule has 0 spiro atoms. The van der Waals surface area contributed by atoms with Crippen molar-refractivity contribution in [3.8, 4) is 11.5 Å². The van der Waals surface area contributed by atoms with E-state index in [9.17, 15) is 8.78 Å². The molecule has 0 aliphatic rings. The Hall–Kier alpha value is -2.66. The number of nitrogens with one attached hydrogen (secondary N) is 1. The molecular weight excluding hydrogens is 322 g/mol. The standard InChI is InChI=1S/C17H11ClF2N2O/c18-16-8-11(6-7-21-16)22-17-14(19)9-13(10-15(17)20)23-12-4-2-1-3-5-12/h1-10H,(H,21,22). The molecule has 0 aliphatic carbocycles. The molecule has 0 saturated carbocycles. The summed E-state index contributed by atoms with van der Waals surface area (Å²) >= 11 is 5.75. The first-order valence-corrected chi connectivity index (χ1v) is 7.10. The van der Waals surface area contributed by atoms with Crippen molar-refractivity contribution in [1.29, 1.82) is 0 Å². The van der Waals surface area contributed by atoms with Crippen LogP contribution in [0.25, 0.3) is 0 Å². The van der Waals surface area contributed by atoms with Crippen LogP contribution < -0.4 is 10.1 Å². The zero-order valence-corrected chi connectivity index (χ0v) is 12.5. The van der Waals surface area contributed by atoms with E-state index < -0.39 is 11.6 Å². The molecule has 0 saturated heterocycles. The van der Waals surface area contributed by atoms with Gasteiger partial charge in [-0.25, -0.2) is 13.8 Å². The maximum absolute atomic E-state index is 14.2. The Labute approximate surface area is 136 Å². The first kappa shape index (κ1) is 15.2. The molecule has 3 aromatic rings. The molecule has 3 rings (SSSR count). The van der Waals surface area contributed by atoms with E-state index in [2.05, 4.69) is 10.3 Å². The van der Waals surface area contributed by atoms with Crippen molar-refractivity contribution in [3.05, 3.63) is 77.6 Å². The largest absolute Gasteiger partial charge is 0.457 e. The molecule has 2 aromatic carbocycles. The maximum atomic E-state index is 14.2. The van der Waals surface area contributed by atoms with Crippen LogP contribution >= 0.6 is 11.6 Å². The molecule has 6 heteroatoms. The summed E-state index contributed by atoms with van der Waals surface area (Å²) < 4.78 is 33.8. The van der Waals surface area contributed by atoms with Crippen molar-refractivity contribution in [1.82, 2.24) is 4.98 Å². The second kappa shape index (κ2) is 6.62. The van der Waals surface area contributed by atoms with Gasteiger partial charge in [0, 0.05) is 24.0 Å². The minimum Gasteiger partial charge on any atom is -0.457 e. The van der Waals surface area contributed by atoms with Crippen molar-refractivity contribution < 1.29 is 13.5 Å². The Morgan fingerprint density at radius 2 is 1.61 bits per heavy atom. The number of pyridine rings is 1. The summed E-state index contributed by atoms with van der Waals surface area (Å²) in [4.78, 5) is 3.81. The average Bonchev–Trinajstić information content (AvgIpc) is 2.52. The predicted molar refractivity (Wildman–Crippen MR) is 85.4 cm³/mol. The third-order valence-electron chi connectivity index (χ3n) is 2.99. The number of rotatable bonds is 4. The lowest BCUT2D eigenvalue weighted by Crippen LogP contribution is -1.99. The number of halogens is 3. The molecule has 23 heavy (non-hydrogen) atoms. The Balaban J connectivity index is 1.85. The SMILES string of the molecule is Fc1cc(Oc2ccccc2)cc(F)c1Nc1ccnc(Cl)c1. The van der Waals surface area contributed by atoms with Gasteiger partial charge in [0.2, 0.25) is 0 Å². The fourth-order valence-electron chi connectivity index (χ4n) is 1.98. The molecule has 0 bridgehead atoms. The van der Waals surface area contributed by atoms with E-state index >= 15 is 0 Å². The number of aromatic nitrogens is 1. The number of nitrogens with zero attached hydrogens (tertiary/aromatic N) is 1. The van der Waals surface area contributed by atoms with Gasteiger partial charge in [0.25, 0.3) is 0 Å². The smallest absolute Gasteiger partial charge is 0.153 e. The van der Waals surface area contributed by atoms with Crippen molar-refractivity contribution in [2.45, 2.75) is 0 Å². The zero-order chi connectivity index (χ0) is 16.2. The lowest BCUT2D eigenvalue weighted by molar-refractivity contribution is 0.469. The maximum Gasteiger partial charge on any atom is 0.153 e. The second-order valence-corrected chi connectivity index (χ2v) is 5.06. The van der Waals surface area contributed by atoms with Gasteiger partial charge in [-0.3, -0.25) is 0 Å². The topological polar surface area (TPSA) is 34.1 Å². The third kappa shape index (κ3) is 3.76. The van der Waals surface area contributed by atoms with E-state index in [0.717, 1.165) is 12.1 Å². The lowest BCUT2D eigenvalue weighted by Gasteiger charge is -2.11. The van der Waals surface area contributed by atoms with Crippen LogP contribution in [0.2, 0.25) is 5.15 Å². The van der Waals surface area contributed by atoms with Gasteiger partial charge in [-0.05, 0) is 24.3 Å². The Morgan fingerprint density at radius 1 is 0.913 bits per heavy atom. The highest BCUT2D eigenvalue weighted by atomic mass is 35.5. The highest BCUT2D eigenvalue weighted by Crippen LogP contribution is 2.30. The number of para-hydroxylation sites is 1. The number of benzene rings is 2. The van der Waals surface area contributed by atoms with E-state index in [0.29, 0.717) is 11.4 Å². The number of ether oxygens (including phenoxy) is 1. The van der Waals surface area contributed by atoms with Crippen molar-refractivity contribution in [2.75, 3.05) is 5.32 Å². The number of hydrogen-bond acceptors (Lipinski definition) is 3. The molecule has 0 fully saturated rings. The van der Waals surface area contributed by atoms with Crippen LogP contribution in [0.4, 0.5) is 20.2 Å². The summed E-state index contributed by atoms with van der Waals surface area (Å²) in [6, 6.07) is 14.0. The minimum atomic E-state index is -0.774. The minimum absolute atomic E-state index is 0.0736. The normalized spacial score (nSPS) is 10.4. The Bertz CT molecular complexity index is 805. The van der Waals surface area contributed by atoms with E-state index in [1.165, 1.54) is 12.3 Å². The second-order valence-electron chi connectivity index (χ2n) is 4.67. The molecular formula is C17H11ClF2N2O. The quantitative estimate of drug-likeness (QED) is 0.636. The molecule has 0 aliphatic heterocycles. The van der Waals surface area contributed by atoms with Crippen LogP contribution in [0.1, 0.15) is 0 Å². The predicted octanol–water partition coefficient (Wildman–Crippen LogP) is 5.55. The van der Waals surface area contributed by atoms with Gasteiger partial charge in [-0.15, -0.1) is 0 Å². The monoisotopic (exact) mass is 332 g/mol. The Morgan fingerprint density at radius 3 is 2.26 bits per heavy atom. The van der Waals surface area contributed by atoms with Crippen molar-refractivity contribution in [2.24, 2.45) is 0 Å². The zero-order valence-electron chi connectivity index (χ0n) is 11.8. The van der Waals surface area contributed by atoms with Gasteiger partial charge in [0.05, 0.1) is 0 Å². The Kier molecular flexibility index (Phi) is 4.39. The number of anilines is 2. The number of hydrogen-bond donors (Lipinski definition) is 1. The van der Waals surface area contributed by atoms with Crippen LogP contribution in [0.15, 0.2) is 60.8 Å². The van der Waals surface area contributed by atoms with Crippen LogP contribution in [-0.4, -0.2) is 4.98 Å². The highest BCUT2D eigenvalue weighted by molar-refractivity contribution is 6.29. The van der Waals surface area contributed by atoms with Crippen molar-refractivity contribution >= 4 is 23.0 Å². The van der Waals surface area contributed by atoms with Gasteiger partial charge in [-0.1, -0.05) is 29.8 Å². The van der Waals surface area contributed by atoms with E-state index in [4.69, 9.17) is 16.3 Å². The van der Waals surface area contributed by atoms with E-state index in [-0.39, 0.29) is 16.6 Å². The van der Waals surface area contributed by atoms with Gasteiger partial charge >= 0.3 is 0 Å². The van der Waals surface area contributed by atoms with E-state index in [1.54, 1.807) is 30.3 Å². The first-order valence-electron chi connectivity index (χ1n) is 6.72. The van der Waals surface area contributed by atoms with Gasteiger partial charge < -0.3 is 10.1 Å². The van der Waals surface area contributed by atoms with Crippen LogP contribution in [-0.2, 0) is 0 Å². The fraction of sp³-hybridized carbons (Fsp3) is 0. The van der Waals surface area contributed by atoms with Crippen LogP contribution in [0.3, 0.4) is 0 Å². The lowest BCUT2D eigenvalue weighted by atomic mass is 10.2. The summed E-state index contributed by atoms with van der Waals surface area (Å²) in [5.74, 6) is -0.981. The summed E-state index contributed by atoms with van der Waals surface area (Å²) in [6.07, 6.45) is 1.44. The van der Waals surface area contributed by atoms with Crippen molar-refractivity contribution in [3.63, 3.8) is 0 Å². The molecule has 0 atom stereocenters. The molecule has 1 heterocycles. The molecule has 1 aromatic heterocycles. The summed E-state index contributed by atoms with van der Waals surface area (Å²) in [5, 5.41) is 2.86. The van der Waals surface area contributed by atoms with E-state index in [1.807, 2.05) is 6.07 Å². The average molecular weight is 333 g/mol. The van der Waals surface area contributed by atoms with Gasteiger partial charge in [0.15, 0.2) is 11.6 Å². The summed E-state index contributed by atoms with van der Waals surface area (Å²) in [5.41, 5.74) is 0.146. The third-order valence-corrected chi connectivity index (χ3v) is 3.20. The first-order chi connectivity index (χ1) is 11.1. The highest BCUT2D eigenvalue weighted by Gasteiger charge is 2.13.